The Morgan fingerprint density at radius 1 is 1.69 bits per heavy atom. The van der Waals surface area contributed by atoms with Gasteiger partial charge in [-0.05, 0) is 13.8 Å². The average molecular weight is 227 g/mol. The number of aryl methyl sites for hydroxylation is 1. The van der Waals surface area contributed by atoms with Crippen molar-refractivity contribution in [2.24, 2.45) is 0 Å². The van der Waals surface area contributed by atoms with Crippen molar-refractivity contribution >= 4 is 11.7 Å². The third-order valence-corrected chi connectivity index (χ3v) is 2.07. The smallest absolute Gasteiger partial charge is 0.359 e. The first-order valence-corrected chi connectivity index (χ1v) is 5.11. The van der Waals surface area contributed by atoms with Crippen LogP contribution in [0.1, 0.15) is 24.3 Å². The summed E-state index contributed by atoms with van der Waals surface area (Å²) >= 11 is 0. The second kappa shape index (κ2) is 5.50. The maximum Gasteiger partial charge on any atom is 0.359 e. The molecule has 0 aliphatic heterocycles. The van der Waals surface area contributed by atoms with Crippen LogP contribution < -0.4 is 5.73 Å². The van der Waals surface area contributed by atoms with E-state index < -0.39 is 5.97 Å². The Hall–Kier alpha value is -1.56. The predicted molar refractivity (Wildman–Crippen MR) is 59.1 cm³/mol. The highest BCUT2D eigenvalue weighted by Crippen LogP contribution is 2.13. The molecule has 1 heterocycles. The second-order valence-corrected chi connectivity index (χ2v) is 3.44. The van der Waals surface area contributed by atoms with Gasteiger partial charge in [-0.25, -0.2) is 4.79 Å². The molecule has 2 N–H and O–H groups in total. The number of anilines is 1. The molecule has 0 radical (unpaired) electrons. The van der Waals surface area contributed by atoms with Gasteiger partial charge in [0.05, 0.1) is 18.5 Å². The first-order chi connectivity index (χ1) is 7.60. The molecule has 1 aromatic rings. The summed E-state index contributed by atoms with van der Waals surface area (Å²) in [6, 6.07) is 0. The van der Waals surface area contributed by atoms with Gasteiger partial charge in [-0.2, -0.15) is 5.10 Å². The monoisotopic (exact) mass is 227 g/mol. The summed E-state index contributed by atoms with van der Waals surface area (Å²) in [7, 11) is 1.55. The van der Waals surface area contributed by atoms with E-state index >= 15 is 0 Å². The number of carbonyl (C=O) groups is 1. The lowest BCUT2D eigenvalue weighted by molar-refractivity contribution is 0.0109. The number of hydrogen-bond acceptors (Lipinski definition) is 5. The van der Waals surface area contributed by atoms with Crippen molar-refractivity contribution in [1.29, 1.82) is 0 Å². The Kier molecular flexibility index (Phi) is 4.30. The Balaban J connectivity index is 2.75. The first-order valence-electron chi connectivity index (χ1n) is 5.11. The largest absolute Gasteiger partial charge is 0.455 e. The number of esters is 1. The van der Waals surface area contributed by atoms with E-state index in [1.54, 1.807) is 14.0 Å². The van der Waals surface area contributed by atoms with Gasteiger partial charge >= 0.3 is 5.97 Å². The standard InChI is InChI=1S/C10H17N3O3/c1-4-13-9(8(11)5-12-13)10(14)16-7(2)6-15-3/h5,7H,4,6,11H2,1-3H3. The lowest BCUT2D eigenvalue weighted by Crippen LogP contribution is -2.22. The van der Waals surface area contributed by atoms with Crippen molar-refractivity contribution in [3.8, 4) is 0 Å². The topological polar surface area (TPSA) is 79.4 Å². The first kappa shape index (κ1) is 12.5. The van der Waals surface area contributed by atoms with Gasteiger partial charge in [0.1, 0.15) is 6.10 Å². The van der Waals surface area contributed by atoms with Crippen LogP contribution in [-0.2, 0) is 16.0 Å². The van der Waals surface area contributed by atoms with Gasteiger partial charge in [0.15, 0.2) is 5.69 Å². The fraction of sp³-hybridized carbons (Fsp3) is 0.600. The number of carbonyl (C=O) groups excluding carboxylic acids is 1. The van der Waals surface area contributed by atoms with E-state index in [-0.39, 0.29) is 6.10 Å². The quantitative estimate of drug-likeness (QED) is 0.748. The van der Waals surface area contributed by atoms with E-state index in [1.807, 2.05) is 6.92 Å². The minimum absolute atomic E-state index is 0.297. The summed E-state index contributed by atoms with van der Waals surface area (Å²) in [4.78, 5) is 11.8. The van der Waals surface area contributed by atoms with Crippen molar-refractivity contribution in [3.05, 3.63) is 11.9 Å². The van der Waals surface area contributed by atoms with Crippen LogP contribution in [0.25, 0.3) is 0 Å². The number of methoxy groups -OCH3 is 1. The van der Waals surface area contributed by atoms with Crippen LogP contribution in [0.4, 0.5) is 5.69 Å². The number of ether oxygens (including phenoxy) is 2. The lowest BCUT2D eigenvalue weighted by Gasteiger charge is -2.12. The van der Waals surface area contributed by atoms with Crippen LogP contribution in [0.2, 0.25) is 0 Å². The van der Waals surface area contributed by atoms with E-state index in [0.29, 0.717) is 24.5 Å². The van der Waals surface area contributed by atoms with Crippen molar-refractivity contribution in [2.45, 2.75) is 26.5 Å². The molecule has 6 nitrogen and oxygen atoms in total. The zero-order valence-electron chi connectivity index (χ0n) is 9.77. The Morgan fingerprint density at radius 2 is 2.38 bits per heavy atom. The minimum Gasteiger partial charge on any atom is -0.455 e. The molecule has 0 aromatic carbocycles. The van der Waals surface area contributed by atoms with Gasteiger partial charge in [-0.1, -0.05) is 0 Å². The van der Waals surface area contributed by atoms with Crippen molar-refractivity contribution in [3.63, 3.8) is 0 Å². The van der Waals surface area contributed by atoms with Crippen LogP contribution in [0.15, 0.2) is 6.20 Å². The number of nitrogens with two attached hydrogens (primary N) is 1. The molecule has 0 aliphatic carbocycles. The van der Waals surface area contributed by atoms with E-state index in [2.05, 4.69) is 5.10 Å². The van der Waals surface area contributed by atoms with Gasteiger partial charge in [-0.3, -0.25) is 4.68 Å². The number of nitrogen functional groups attached to an aromatic ring is 1. The van der Waals surface area contributed by atoms with Gasteiger partial charge in [0, 0.05) is 13.7 Å². The number of hydrogen-bond donors (Lipinski definition) is 1. The maximum atomic E-state index is 11.8. The van der Waals surface area contributed by atoms with Crippen LogP contribution in [-0.4, -0.2) is 35.6 Å². The molecule has 1 atom stereocenters. The van der Waals surface area contributed by atoms with E-state index in [9.17, 15) is 4.79 Å². The SMILES string of the molecule is CCn1ncc(N)c1C(=O)OC(C)COC. The molecule has 0 amide bonds. The zero-order chi connectivity index (χ0) is 12.1. The second-order valence-electron chi connectivity index (χ2n) is 3.44. The van der Waals surface area contributed by atoms with E-state index in [0.717, 1.165) is 0 Å². The molecular formula is C10H17N3O3. The summed E-state index contributed by atoms with van der Waals surface area (Å²) in [5.41, 5.74) is 6.28. The van der Waals surface area contributed by atoms with Gasteiger partial charge in [-0.15, -0.1) is 0 Å². The molecule has 0 bridgehead atoms. The Morgan fingerprint density at radius 3 is 2.94 bits per heavy atom. The summed E-state index contributed by atoms with van der Waals surface area (Å²) in [6.07, 6.45) is 1.14. The van der Waals surface area contributed by atoms with Crippen molar-refractivity contribution in [2.75, 3.05) is 19.5 Å². The Bertz CT molecular complexity index is 362. The molecule has 90 valence electrons. The minimum atomic E-state index is -0.471. The summed E-state index contributed by atoms with van der Waals surface area (Å²) in [6.45, 7) is 4.55. The summed E-state index contributed by atoms with van der Waals surface area (Å²) in [5.74, 6) is -0.471. The molecule has 1 rings (SSSR count). The fourth-order valence-electron chi connectivity index (χ4n) is 1.37. The number of rotatable bonds is 5. The van der Waals surface area contributed by atoms with E-state index in [4.69, 9.17) is 15.2 Å². The number of nitrogens with zero attached hydrogens (tertiary/aromatic N) is 2. The fourth-order valence-corrected chi connectivity index (χ4v) is 1.37. The maximum absolute atomic E-state index is 11.8. The molecule has 16 heavy (non-hydrogen) atoms. The summed E-state index contributed by atoms with van der Waals surface area (Å²) < 4.78 is 11.5. The van der Waals surface area contributed by atoms with Gasteiger partial charge < -0.3 is 15.2 Å². The Labute approximate surface area is 94.3 Å². The molecule has 0 saturated heterocycles. The molecule has 0 saturated carbocycles. The zero-order valence-corrected chi connectivity index (χ0v) is 9.77. The third kappa shape index (κ3) is 2.73. The number of aromatic nitrogens is 2. The molecule has 0 aliphatic rings. The van der Waals surface area contributed by atoms with Crippen LogP contribution in [0.5, 0.6) is 0 Å². The van der Waals surface area contributed by atoms with Crippen LogP contribution in [0.3, 0.4) is 0 Å². The van der Waals surface area contributed by atoms with Crippen molar-refractivity contribution < 1.29 is 14.3 Å². The summed E-state index contributed by atoms with van der Waals surface area (Å²) in [5, 5.41) is 3.97. The van der Waals surface area contributed by atoms with E-state index in [1.165, 1.54) is 10.9 Å². The highest BCUT2D eigenvalue weighted by atomic mass is 16.6. The molecule has 1 aromatic heterocycles. The molecule has 0 fully saturated rings. The predicted octanol–water partition coefficient (Wildman–Crippen LogP) is 0.677. The average Bonchev–Trinajstić information content (AvgIpc) is 2.59. The van der Waals surface area contributed by atoms with Gasteiger partial charge in [0.2, 0.25) is 0 Å². The van der Waals surface area contributed by atoms with Crippen molar-refractivity contribution in [1.82, 2.24) is 9.78 Å². The third-order valence-electron chi connectivity index (χ3n) is 2.07. The lowest BCUT2D eigenvalue weighted by atomic mass is 10.3. The normalized spacial score (nSPS) is 12.4. The highest BCUT2D eigenvalue weighted by Gasteiger charge is 2.19. The van der Waals surface area contributed by atoms with Gasteiger partial charge in [0.25, 0.3) is 0 Å². The molecule has 0 spiro atoms. The van der Waals surface area contributed by atoms with Crippen LogP contribution in [0, 0.1) is 0 Å². The highest BCUT2D eigenvalue weighted by molar-refractivity contribution is 5.93. The molecule has 6 heteroatoms. The molecule has 1 unspecified atom stereocenters. The van der Waals surface area contributed by atoms with Crippen LogP contribution >= 0.6 is 0 Å². The molecular weight excluding hydrogens is 210 g/mol.